The summed E-state index contributed by atoms with van der Waals surface area (Å²) in [6.07, 6.45) is 2.27. The Kier molecular flexibility index (Phi) is 4.54. The van der Waals surface area contributed by atoms with Crippen molar-refractivity contribution in [1.82, 2.24) is 10.6 Å². The Hall–Kier alpha value is -0.610. The van der Waals surface area contributed by atoms with E-state index in [-0.39, 0.29) is 11.5 Å². The largest absolute Gasteiger partial charge is 0.375 e. The Morgan fingerprint density at radius 2 is 2.13 bits per heavy atom. The lowest BCUT2D eigenvalue weighted by Crippen LogP contribution is -2.42. The summed E-state index contributed by atoms with van der Waals surface area (Å²) in [6, 6.07) is 0.444. The molecule has 0 aromatic heterocycles. The van der Waals surface area contributed by atoms with Gasteiger partial charge in [-0.15, -0.1) is 0 Å². The van der Waals surface area contributed by atoms with Crippen molar-refractivity contribution in [3.63, 3.8) is 0 Å². The minimum absolute atomic E-state index is 0.0878. The van der Waals surface area contributed by atoms with Crippen LogP contribution in [0, 0.1) is 0 Å². The predicted molar refractivity (Wildman–Crippen MR) is 59.7 cm³/mol. The Morgan fingerprint density at radius 1 is 1.47 bits per heavy atom. The van der Waals surface area contributed by atoms with Crippen molar-refractivity contribution >= 4 is 5.91 Å². The number of ether oxygens (including phenoxy) is 1. The maximum Gasteiger partial charge on any atom is 0.234 e. The Balaban J connectivity index is 2.05. The van der Waals surface area contributed by atoms with Gasteiger partial charge in [-0.05, 0) is 33.6 Å². The summed E-state index contributed by atoms with van der Waals surface area (Å²) in [6.45, 7) is 7.78. The van der Waals surface area contributed by atoms with Gasteiger partial charge >= 0.3 is 0 Å². The summed E-state index contributed by atoms with van der Waals surface area (Å²) in [5.41, 5.74) is -0.200. The van der Waals surface area contributed by atoms with Gasteiger partial charge in [0.15, 0.2) is 0 Å². The molecule has 0 radical (unpaired) electrons. The third-order valence-corrected chi connectivity index (χ3v) is 2.31. The SMILES string of the molecule is CCOC(C)(C)CNCC(=O)NC1CC1. The molecule has 0 unspecified atom stereocenters. The first-order chi connectivity index (χ1) is 7.03. The molecule has 4 heteroatoms. The molecule has 1 saturated carbocycles. The Labute approximate surface area is 91.8 Å². The van der Waals surface area contributed by atoms with Crippen molar-refractivity contribution in [2.75, 3.05) is 19.7 Å². The van der Waals surface area contributed by atoms with Crippen molar-refractivity contribution < 1.29 is 9.53 Å². The number of amides is 1. The summed E-state index contributed by atoms with van der Waals surface area (Å²) in [7, 11) is 0. The number of hydrogen-bond donors (Lipinski definition) is 2. The fraction of sp³-hybridized carbons (Fsp3) is 0.909. The fourth-order valence-corrected chi connectivity index (χ4v) is 1.43. The second-order valence-electron chi connectivity index (χ2n) is 4.64. The summed E-state index contributed by atoms with van der Waals surface area (Å²) in [5.74, 6) is 0.0878. The molecule has 1 fully saturated rings. The number of carbonyl (C=O) groups is 1. The van der Waals surface area contributed by atoms with Crippen molar-refractivity contribution in [1.29, 1.82) is 0 Å². The van der Waals surface area contributed by atoms with Gasteiger partial charge in [0.05, 0.1) is 12.1 Å². The van der Waals surface area contributed by atoms with Crippen LogP contribution >= 0.6 is 0 Å². The molecule has 1 amide bonds. The van der Waals surface area contributed by atoms with Crippen LogP contribution < -0.4 is 10.6 Å². The average molecular weight is 214 g/mol. The molecule has 1 aliphatic rings. The van der Waals surface area contributed by atoms with E-state index in [2.05, 4.69) is 10.6 Å². The second-order valence-corrected chi connectivity index (χ2v) is 4.64. The van der Waals surface area contributed by atoms with Gasteiger partial charge in [0, 0.05) is 19.2 Å². The molecule has 88 valence electrons. The Morgan fingerprint density at radius 3 is 2.67 bits per heavy atom. The fourth-order valence-electron chi connectivity index (χ4n) is 1.43. The molecule has 15 heavy (non-hydrogen) atoms. The summed E-state index contributed by atoms with van der Waals surface area (Å²) in [5, 5.41) is 6.04. The normalized spacial score (nSPS) is 16.5. The molecule has 1 aliphatic carbocycles. The van der Waals surface area contributed by atoms with Gasteiger partial charge < -0.3 is 15.4 Å². The van der Waals surface area contributed by atoms with Crippen molar-refractivity contribution in [3.8, 4) is 0 Å². The lowest BCUT2D eigenvalue weighted by atomic mass is 10.1. The molecule has 1 rings (SSSR count). The lowest BCUT2D eigenvalue weighted by molar-refractivity contribution is -0.120. The van der Waals surface area contributed by atoms with E-state index in [1.165, 1.54) is 0 Å². The molecule has 0 aromatic carbocycles. The van der Waals surface area contributed by atoms with E-state index in [0.29, 0.717) is 25.7 Å². The van der Waals surface area contributed by atoms with Crippen molar-refractivity contribution in [2.24, 2.45) is 0 Å². The zero-order valence-electron chi connectivity index (χ0n) is 9.93. The summed E-state index contributed by atoms with van der Waals surface area (Å²) >= 11 is 0. The monoisotopic (exact) mass is 214 g/mol. The van der Waals surface area contributed by atoms with Gasteiger partial charge in [-0.3, -0.25) is 4.79 Å². The Bertz CT molecular complexity index is 213. The van der Waals surface area contributed by atoms with Crippen LogP contribution in [0.4, 0.5) is 0 Å². The smallest absolute Gasteiger partial charge is 0.234 e. The lowest BCUT2D eigenvalue weighted by Gasteiger charge is -2.24. The van der Waals surface area contributed by atoms with E-state index in [1.54, 1.807) is 0 Å². The maximum atomic E-state index is 11.3. The summed E-state index contributed by atoms with van der Waals surface area (Å²) in [4.78, 5) is 11.3. The molecule has 2 N–H and O–H groups in total. The van der Waals surface area contributed by atoms with Gasteiger partial charge in [-0.1, -0.05) is 0 Å². The van der Waals surface area contributed by atoms with E-state index >= 15 is 0 Å². The molecule has 0 atom stereocenters. The number of rotatable bonds is 7. The van der Waals surface area contributed by atoms with Crippen LogP contribution in [0.3, 0.4) is 0 Å². The molecular formula is C11H22N2O2. The minimum Gasteiger partial charge on any atom is -0.375 e. The minimum atomic E-state index is -0.200. The number of hydrogen-bond acceptors (Lipinski definition) is 3. The zero-order valence-corrected chi connectivity index (χ0v) is 9.93. The topological polar surface area (TPSA) is 50.4 Å². The summed E-state index contributed by atoms with van der Waals surface area (Å²) < 4.78 is 5.51. The van der Waals surface area contributed by atoms with Gasteiger partial charge in [0.1, 0.15) is 0 Å². The van der Waals surface area contributed by atoms with Crippen LogP contribution in [0.5, 0.6) is 0 Å². The van der Waals surface area contributed by atoms with E-state index in [1.807, 2.05) is 20.8 Å². The van der Waals surface area contributed by atoms with Gasteiger partial charge in [0.25, 0.3) is 0 Å². The van der Waals surface area contributed by atoms with Crippen LogP contribution in [0.15, 0.2) is 0 Å². The van der Waals surface area contributed by atoms with Gasteiger partial charge in [-0.25, -0.2) is 0 Å². The third-order valence-electron chi connectivity index (χ3n) is 2.31. The van der Waals surface area contributed by atoms with Crippen LogP contribution in [-0.2, 0) is 9.53 Å². The van der Waals surface area contributed by atoms with Gasteiger partial charge in [0.2, 0.25) is 5.91 Å². The highest BCUT2D eigenvalue weighted by molar-refractivity contribution is 5.78. The molecule has 4 nitrogen and oxygen atoms in total. The number of carbonyl (C=O) groups excluding carboxylic acids is 1. The molecule has 0 bridgehead atoms. The van der Waals surface area contributed by atoms with Crippen LogP contribution in [0.2, 0.25) is 0 Å². The van der Waals surface area contributed by atoms with Crippen LogP contribution in [-0.4, -0.2) is 37.2 Å². The molecule has 0 heterocycles. The van der Waals surface area contributed by atoms with E-state index < -0.39 is 0 Å². The molecule has 0 aliphatic heterocycles. The van der Waals surface area contributed by atoms with Gasteiger partial charge in [-0.2, -0.15) is 0 Å². The van der Waals surface area contributed by atoms with E-state index in [4.69, 9.17) is 4.74 Å². The highest BCUT2D eigenvalue weighted by Crippen LogP contribution is 2.18. The van der Waals surface area contributed by atoms with Crippen molar-refractivity contribution in [3.05, 3.63) is 0 Å². The average Bonchev–Trinajstić information content (AvgIpc) is 2.87. The zero-order chi connectivity index (χ0) is 11.3. The van der Waals surface area contributed by atoms with Crippen LogP contribution in [0.1, 0.15) is 33.6 Å². The molecule has 0 saturated heterocycles. The first-order valence-electron chi connectivity index (χ1n) is 5.67. The highest BCUT2D eigenvalue weighted by Gasteiger charge is 2.23. The quantitative estimate of drug-likeness (QED) is 0.655. The first-order valence-corrected chi connectivity index (χ1v) is 5.67. The predicted octanol–water partition coefficient (Wildman–Crippen LogP) is 0.670. The molecule has 0 aromatic rings. The molecular weight excluding hydrogens is 192 g/mol. The highest BCUT2D eigenvalue weighted by atomic mass is 16.5. The first kappa shape index (κ1) is 12.5. The standard InChI is InChI=1S/C11H22N2O2/c1-4-15-11(2,3)8-12-7-10(14)13-9-5-6-9/h9,12H,4-8H2,1-3H3,(H,13,14). The van der Waals surface area contributed by atoms with E-state index in [0.717, 1.165) is 12.8 Å². The maximum absolute atomic E-state index is 11.3. The second kappa shape index (κ2) is 5.47. The third kappa shape index (κ3) is 5.74. The number of nitrogens with one attached hydrogen (secondary N) is 2. The molecule has 0 spiro atoms. The van der Waals surface area contributed by atoms with Crippen LogP contribution in [0.25, 0.3) is 0 Å². The van der Waals surface area contributed by atoms with Crippen molar-refractivity contribution in [2.45, 2.75) is 45.3 Å². The van der Waals surface area contributed by atoms with E-state index in [9.17, 15) is 4.79 Å².